The molecule has 4 bridgehead atoms. The average molecular weight is 287 g/mol. The molecule has 4 aliphatic rings. The fourth-order valence-electron chi connectivity index (χ4n) is 4.09. The maximum absolute atomic E-state index is 12.1. The molecule has 106 valence electrons. The number of esters is 1. The molecule has 0 aliphatic heterocycles. The molecule has 0 amide bonds. The van der Waals surface area contributed by atoms with Crippen molar-refractivity contribution in [3.05, 3.63) is 0 Å². The number of Topliss-reactive ketones (excluding diaryl/α,β-unsaturated/α-hetero) is 1. The molecule has 0 heterocycles. The van der Waals surface area contributed by atoms with Crippen LogP contribution >= 0.6 is 0 Å². The van der Waals surface area contributed by atoms with Crippen molar-refractivity contribution in [3.8, 4) is 0 Å². The molecule has 0 N–H and O–H groups in total. The van der Waals surface area contributed by atoms with Gasteiger partial charge in [-0.1, -0.05) is 0 Å². The van der Waals surface area contributed by atoms with Crippen molar-refractivity contribution in [2.24, 2.45) is 23.7 Å². The summed E-state index contributed by atoms with van der Waals surface area (Å²) >= 11 is 0. The summed E-state index contributed by atoms with van der Waals surface area (Å²) in [6.45, 7) is 0. The quantitative estimate of drug-likeness (QED) is 0.538. The number of carbonyl (C=O) groups excluding carboxylic acids is 2. The van der Waals surface area contributed by atoms with Crippen molar-refractivity contribution < 1.29 is 27.3 Å². The standard InChI is InChI=1S/C12H16O6S/c13-10(5-19(15,16)17)18-12-8-2-6-1-7(4-8)11(14)9(12)3-6/h6-9,12H,1-5H2,(H,15,16,17)/p-1. The van der Waals surface area contributed by atoms with Gasteiger partial charge >= 0.3 is 5.97 Å². The van der Waals surface area contributed by atoms with Crippen LogP contribution in [0.1, 0.15) is 25.7 Å². The summed E-state index contributed by atoms with van der Waals surface area (Å²) in [5.74, 6) is -1.53. The van der Waals surface area contributed by atoms with Gasteiger partial charge in [-0.25, -0.2) is 8.42 Å². The topological polar surface area (TPSA) is 101 Å². The predicted octanol–water partition coefficient (Wildman–Crippen LogP) is 0.0785. The third-order valence-electron chi connectivity index (χ3n) is 4.62. The SMILES string of the molecule is O=C(CS(=O)(=O)[O-])OC1C2CC3CC(C2)C(=O)C1C3. The lowest BCUT2D eigenvalue weighted by Crippen LogP contribution is -2.55. The monoisotopic (exact) mass is 287 g/mol. The summed E-state index contributed by atoms with van der Waals surface area (Å²) in [6.07, 6.45) is 2.82. The molecule has 0 aromatic carbocycles. The molecular formula is C12H15O6S-. The summed E-state index contributed by atoms with van der Waals surface area (Å²) in [4.78, 5) is 23.5. The van der Waals surface area contributed by atoms with Crippen LogP contribution in [0, 0.1) is 23.7 Å². The Morgan fingerprint density at radius 3 is 2.68 bits per heavy atom. The molecule has 0 spiro atoms. The lowest BCUT2D eigenvalue weighted by molar-refractivity contribution is -0.173. The van der Waals surface area contributed by atoms with Gasteiger partial charge in [0.2, 0.25) is 0 Å². The fourth-order valence-corrected chi connectivity index (χ4v) is 4.45. The van der Waals surface area contributed by atoms with E-state index >= 15 is 0 Å². The van der Waals surface area contributed by atoms with Gasteiger partial charge in [-0.3, -0.25) is 9.59 Å². The van der Waals surface area contributed by atoms with Gasteiger partial charge in [0.25, 0.3) is 0 Å². The third kappa shape index (κ3) is 2.41. The van der Waals surface area contributed by atoms with Crippen LogP contribution in [-0.2, 0) is 24.4 Å². The molecular weight excluding hydrogens is 272 g/mol. The minimum Gasteiger partial charge on any atom is -0.748 e. The van der Waals surface area contributed by atoms with E-state index in [1.165, 1.54) is 0 Å². The highest BCUT2D eigenvalue weighted by Gasteiger charge is 2.54. The van der Waals surface area contributed by atoms with E-state index in [1.807, 2.05) is 0 Å². The normalized spacial score (nSPS) is 40.5. The van der Waals surface area contributed by atoms with Gasteiger partial charge < -0.3 is 9.29 Å². The van der Waals surface area contributed by atoms with E-state index in [-0.39, 0.29) is 23.5 Å². The van der Waals surface area contributed by atoms with Crippen LogP contribution in [0.2, 0.25) is 0 Å². The zero-order valence-corrected chi connectivity index (χ0v) is 11.1. The molecule has 0 saturated heterocycles. The Morgan fingerprint density at radius 1 is 1.26 bits per heavy atom. The molecule has 0 aromatic rings. The van der Waals surface area contributed by atoms with Crippen LogP contribution in [0.5, 0.6) is 0 Å². The van der Waals surface area contributed by atoms with Gasteiger partial charge in [0.15, 0.2) is 0 Å². The maximum Gasteiger partial charge on any atom is 0.320 e. The summed E-state index contributed by atoms with van der Waals surface area (Å²) in [7, 11) is -4.62. The van der Waals surface area contributed by atoms with Crippen LogP contribution in [0.4, 0.5) is 0 Å². The van der Waals surface area contributed by atoms with Gasteiger partial charge in [-0.2, -0.15) is 0 Å². The largest absolute Gasteiger partial charge is 0.748 e. The molecule has 5 atom stereocenters. The predicted molar refractivity (Wildman–Crippen MR) is 61.9 cm³/mol. The number of hydrogen-bond donors (Lipinski definition) is 0. The van der Waals surface area contributed by atoms with Crippen LogP contribution in [0.15, 0.2) is 0 Å². The lowest BCUT2D eigenvalue weighted by Gasteiger charge is -2.52. The molecule has 0 aromatic heterocycles. The van der Waals surface area contributed by atoms with Gasteiger partial charge in [0, 0.05) is 5.92 Å². The number of ketones is 1. The molecule has 4 aliphatic carbocycles. The first-order valence-corrected chi connectivity index (χ1v) is 8.08. The summed E-state index contributed by atoms with van der Waals surface area (Å²) in [6, 6.07) is 0. The van der Waals surface area contributed by atoms with E-state index in [4.69, 9.17) is 4.74 Å². The first-order valence-electron chi connectivity index (χ1n) is 6.50. The Labute approximate surface area is 111 Å². The van der Waals surface area contributed by atoms with Crippen LogP contribution < -0.4 is 0 Å². The van der Waals surface area contributed by atoms with Crippen LogP contribution in [-0.4, -0.2) is 36.6 Å². The summed E-state index contributed by atoms with van der Waals surface area (Å²) in [5.41, 5.74) is 0. The number of hydrogen-bond acceptors (Lipinski definition) is 6. The van der Waals surface area contributed by atoms with Crippen molar-refractivity contribution in [1.29, 1.82) is 0 Å². The second kappa shape index (κ2) is 4.28. The molecule has 19 heavy (non-hydrogen) atoms. The molecule has 4 saturated carbocycles. The minimum atomic E-state index is -4.62. The van der Waals surface area contributed by atoms with Gasteiger partial charge in [-0.05, 0) is 37.5 Å². The van der Waals surface area contributed by atoms with Crippen molar-refractivity contribution in [3.63, 3.8) is 0 Å². The summed E-state index contributed by atoms with van der Waals surface area (Å²) in [5, 5.41) is 0. The number of ether oxygens (including phenoxy) is 1. The smallest absolute Gasteiger partial charge is 0.320 e. The highest BCUT2D eigenvalue weighted by Crippen LogP contribution is 2.52. The van der Waals surface area contributed by atoms with E-state index in [1.54, 1.807) is 0 Å². The molecule has 5 unspecified atom stereocenters. The molecule has 4 rings (SSSR count). The van der Waals surface area contributed by atoms with Crippen molar-refractivity contribution >= 4 is 21.9 Å². The minimum absolute atomic E-state index is 0.0979. The van der Waals surface area contributed by atoms with Crippen LogP contribution in [0.25, 0.3) is 0 Å². The maximum atomic E-state index is 12.1. The second-order valence-electron chi connectivity index (χ2n) is 5.93. The first-order chi connectivity index (χ1) is 8.83. The Bertz CT molecular complexity index is 524. The fraction of sp³-hybridized carbons (Fsp3) is 0.833. The van der Waals surface area contributed by atoms with Crippen molar-refractivity contribution in [2.75, 3.05) is 5.75 Å². The van der Waals surface area contributed by atoms with Crippen LogP contribution in [0.3, 0.4) is 0 Å². The molecule has 7 heteroatoms. The molecule has 4 fully saturated rings. The third-order valence-corrected chi connectivity index (χ3v) is 5.21. The first kappa shape index (κ1) is 13.1. The van der Waals surface area contributed by atoms with Crippen molar-refractivity contribution in [1.82, 2.24) is 0 Å². The van der Waals surface area contributed by atoms with E-state index in [9.17, 15) is 22.6 Å². The summed E-state index contributed by atoms with van der Waals surface area (Å²) < 4.78 is 36.7. The number of carbonyl (C=O) groups is 2. The van der Waals surface area contributed by atoms with E-state index in [2.05, 4.69) is 0 Å². The molecule has 0 radical (unpaired) electrons. The van der Waals surface area contributed by atoms with Crippen molar-refractivity contribution in [2.45, 2.75) is 31.8 Å². The highest BCUT2D eigenvalue weighted by molar-refractivity contribution is 7.86. The Morgan fingerprint density at radius 2 is 2.00 bits per heavy atom. The lowest BCUT2D eigenvalue weighted by atomic mass is 9.54. The van der Waals surface area contributed by atoms with E-state index in [0.717, 1.165) is 25.7 Å². The van der Waals surface area contributed by atoms with Gasteiger partial charge in [0.1, 0.15) is 27.8 Å². The highest BCUT2D eigenvalue weighted by atomic mass is 32.2. The Kier molecular flexibility index (Phi) is 2.94. The second-order valence-corrected chi connectivity index (χ2v) is 7.34. The number of rotatable bonds is 3. The van der Waals surface area contributed by atoms with E-state index in [0.29, 0.717) is 5.92 Å². The molecule has 6 nitrogen and oxygen atoms in total. The zero-order valence-electron chi connectivity index (χ0n) is 10.3. The van der Waals surface area contributed by atoms with Gasteiger partial charge in [0.05, 0.1) is 5.92 Å². The Balaban J connectivity index is 1.72. The van der Waals surface area contributed by atoms with E-state index < -0.39 is 27.9 Å². The zero-order chi connectivity index (χ0) is 13.8. The van der Waals surface area contributed by atoms with Gasteiger partial charge in [-0.15, -0.1) is 0 Å². The Hall–Kier alpha value is -0.950. The average Bonchev–Trinajstić information content (AvgIpc) is 2.27.